The third-order valence-corrected chi connectivity index (χ3v) is 3.96. The van der Waals surface area contributed by atoms with Gasteiger partial charge in [-0.05, 0) is 44.1 Å². The van der Waals surface area contributed by atoms with Crippen molar-refractivity contribution in [2.75, 3.05) is 18.4 Å². The molecule has 8 heteroatoms. The summed E-state index contributed by atoms with van der Waals surface area (Å²) in [5, 5.41) is 10.4. The van der Waals surface area contributed by atoms with E-state index in [4.69, 9.17) is 5.73 Å². The largest absolute Gasteiger partial charge is 0.364 e. The van der Waals surface area contributed by atoms with Crippen molar-refractivity contribution in [2.45, 2.75) is 12.8 Å². The molecule has 2 heterocycles. The Labute approximate surface area is 146 Å². The third-order valence-electron chi connectivity index (χ3n) is 3.96. The van der Waals surface area contributed by atoms with Gasteiger partial charge in [0.1, 0.15) is 5.69 Å². The van der Waals surface area contributed by atoms with Crippen molar-refractivity contribution in [3.05, 3.63) is 42.2 Å². The molecule has 128 valence electrons. The van der Waals surface area contributed by atoms with Crippen molar-refractivity contribution in [3.63, 3.8) is 0 Å². The van der Waals surface area contributed by atoms with Crippen LogP contribution in [0.3, 0.4) is 0 Å². The molecule has 1 aliphatic rings. The van der Waals surface area contributed by atoms with Gasteiger partial charge in [-0.3, -0.25) is 9.59 Å². The number of hydrogen-bond acceptors (Lipinski definition) is 4. The maximum absolute atomic E-state index is 12.4. The van der Waals surface area contributed by atoms with Gasteiger partial charge in [0.15, 0.2) is 0 Å². The number of halogens is 1. The Bertz CT molecular complexity index is 725. The Balaban J connectivity index is 0.00000208. The van der Waals surface area contributed by atoms with Gasteiger partial charge in [-0.15, -0.1) is 12.4 Å². The summed E-state index contributed by atoms with van der Waals surface area (Å²) >= 11 is 0. The van der Waals surface area contributed by atoms with E-state index in [9.17, 15) is 9.59 Å². The number of piperidine rings is 1. The highest BCUT2D eigenvalue weighted by atomic mass is 35.5. The summed E-state index contributed by atoms with van der Waals surface area (Å²) in [6, 6.07) is 8.89. The molecule has 1 aromatic heterocycles. The lowest BCUT2D eigenvalue weighted by atomic mass is 9.97. The number of carbonyl (C=O) groups excluding carboxylic acids is 2. The van der Waals surface area contributed by atoms with E-state index in [0.717, 1.165) is 25.9 Å². The van der Waals surface area contributed by atoms with E-state index < -0.39 is 5.91 Å². The van der Waals surface area contributed by atoms with E-state index >= 15 is 0 Å². The van der Waals surface area contributed by atoms with Crippen LogP contribution in [-0.4, -0.2) is 34.7 Å². The molecule has 1 fully saturated rings. The number of primary amides is 1. The van der Waals surface area contributed by atoms with E-state index in [1.165, 1.54) is 4.68 Å². The second-order valence-corrected chi connectivity index (χ2v) is 5.54. The number of aromatic nitrogens is 2. The molecule has 0 aliphatic carbocycles. The third kappa shape index (κ3) is 3.93. The van der Waals surface area contributed by atoms with Gasteiger partial charge in [-0.25, -0.2) is 4.68 Å². The van der Waals surface area contributed by atoms with Gasteiger partial charge < -0.3 is 16.4 Å². The summed E-state index contributed by atoms with van der Waals surface area (Å²) in [6.07, 6.45) is 3.32. The first-order valence-electron chi connectivity index (χ1n) is 7.61. The second kappa shape index (κ2) is 7.94. The Morgan fingerprint density at radius 3 is 2.58 bits per heavy atom. The molecule has 0 bridgehead atoms. The topological polar surface area (TPSA) is 102 Å². The van der Waals surface area contributed by atoms with E-state index in [-0.39, 0.29) is 29.9 Å². The molecule has 2 amide bonds. The van der Waals surface area contributed by atoms with Crippen molar-refractivity contribution in [3.8, 4) is 5.69 Å². The molecule has 1 aliphatic heterocycles. The van der Waals surface area contributed by atoms with Crippen LogP contribution in [0.2, 0.25) is 0 Å². The van der Waals surface area contributed by atoms with Gasteiger partial charge in [-0.1, -0.05) is 12.1 Å². The highest BCUT2D eigenvalue weighted by Gasteiger charge is 2.21. The number of nitrogens with two attached hydrogens (primary N) is 1. The SMILES string of the molecule is Cl.NC(=O)c1ccn(-c2ccccc2NC(=O)C2CCNCC2)n1. The lowest BCUT2D eigenvalue weighted by molar-refractivity contribution is -0.120. The van der Waals surface area contributed by atoms with Crippen LogP contribution in [0.1, 0.15) is 23.3 Å². The molecule has 1 aromatic carbocycles. The Morgan fingerprint density at radius 2 is 1.92 bits per heavy atom. The van der Waals surface area contributed by atoms with E-state index in [0.29, 0.717) is 11.4 Å². The minimum atomic E-state index is -0.583. The zero-order valence-electron chi connectivity index (χ0n) is 13.1. The van der Waals surface area contributed by atoms with Crippen LogP contribution in [0, 0.1) is 5.92 Å². The maximum Gasteiger partial charge on any atom is 0.269 e. The molecule has 0 unspecified atom stereocenters. The summed E-state index contributed by atoms with van der Waals surface area (Å²) in [7, 11) is 0. The number of rotatable bonds is 4. The number of anilines is 1. The molecule has 24 heavy (non-hydrogen) atoms. The lowest BCUT2D eigenvalue weighted by Crippen LogP contribution is -2.34. The molecular formula is C16H20ClN5O2. The number of nitrogens with zero attached hydrogens (tertiary/aromatic N) is 2. The zero-order chi connectivity index (χ0) is 16.2. The Hall–Kier alpha value is -2.38. The summed E-state index contributed by atoms with van der Waals surface area (Å²) in [4.78, 5) is 23.6. The van der Waals surface area contributed by atoms with Crippen molar-refractivity contribution in [1.29, 1.82) is 0 Å². The van der Waals surface area contributed by atoms with Gasteiger partial charge >= 0.3 is 0 Å². The molecule has 0 radical (unpaired) electrons. The van der Waals surface area contributed by atoms with Crippen molar-refractivity contribution < 1.29 is 9.59 Å². The van der Waals surface area contributed by atoms with Gasteiger partial charge in [0.2, 0.25) is 5.91 Å². The van der Waals surface area contributed by atoms with E-state index in [1.807, 2.05) is 24.3 Å². The number of amides is 2. The highest BCUT2D eigenvalue weighted by Crippen LogP contribution is 2.22. The standard InChI is InChI=1S/C16H19N5O2.ClH/c17-15(22)13-7-10-21(20-13)14-4-2-1-3-12(14)19-16(23)11-5-8-18-9-6-11;/h1-4,7,10-11,18H,5-6,8-9H2,(H2,17,22)(H,19,23);1H. The fourth-order valence-corrected chi connectivity index (χ4v) is 2.69. The number of para-hydroxylation sites is 2. The number of benzene rings is 1. The van der Waals surface area contributed by atoms with Gasteiger partial charge in [0.05, 0.1) is 11.4 Å². The predicted molar refractivity (Wildman–Crippen MR) is 93.6 cm³/mol. The first-order chi connectivity index (χ1) is 11.1. The van der Waals surface area contributed by atoms with Crippen LogP contribution in [0.25, 0.3) is 5.69 Å². The fourth-order valence-electron chi connectivity index (χ4n) is 2.69. The van der Waals surface area contributed by atoms with Crippen LogP contribution in [0.4, 0.5) is 5.69 Å². The molecule has 7 nitrogen and oxygen atoms in total. The molecule has 0 atom stereocenters. The maximum atomic E-state index is 12.4. The summed E-state index contributed by atoms with van der Waals surface area (Å²) in [6.45, 7) is 1.72. The molecule has 3 rings (SSSR count). The summed E-state index contributed by atoms with van der Waals surface area (Å²) in [5.41, 5.74) is 6.77. The van der Waals surface area contributed by atoms with Crippen LogP contribution < -0.4 is 16.4 Å². The highest BCUT2D eigenvalue weighted by molar-refractivity contribution is 5.94. The smallest absolute Gasteiger partial charge is 0.269 e. The van der Waals surface area contributed by atoms with Gasteiger partial charge in [-0.2, -0.15) is 5.10 Å². The average molecular weight is 350 g/mol. The van der Waals surface area contributed by atoms with E-state index in [2.05, 4.69) is 15.7 Å². The predicted octanol–water partition coefficient (Wildman–Crippen LogP) is 1.33. The van der Waals surface area contributed by atoms with Crippen molar-refractivity contribution in [1.82, 2.24) is 15.1 Å². The van der Waals surface area contributed by atoms with Crippen LogP contribution in [0.15, 0.2) is 36.5 Å². The minimum Gasteiger partial charge on any atom is -0.364 e. The molecule has 2 aromatic rings. The molecule has 4 N–H and O–H groups in total. The Morgan fingerprint density at radius 1 is 1.21 bits per heavy atom. The summed E-state index contributed by atoms with van der Waals surface area (Å²) in [5.74, 6) is -0.552. The lowest BCUT2D eigenvalue weighted by Gasteiger charge is -2.22. The van der Waals surface area contributed by atoms with Crippen molar-refractivity contribution in [2.24, 2.45) is 11.7 Å². The van der Waals surface area contributed by atoms with Gasteiger partial charge in [0.25, 0.3) is 5.91 Å². The Kier molecular flexibility index (Phi) is 5.94. The minimum absolute atomic E-state index is 0. The number of carbonyl (C=O) groups is 2. The molecule has 0 saturated carbocycles. The quantitative estimate of drug-likeness (QED) is 0.774. The average Bonchev–Trinajstić information content (AvgIpc) is 3.06. The number of hydrogen-bond donors (Lipinski definition) is 3. The van der Waals surface area contributed by atoms with Crippen LogP contribution in [0.5, 0.6) is 0 Å². The first-order valence-corrected chi connectivity index (χ1v) is 7.61. The molecular weight excluding hydrogens is 330 g/mol. The monoisotopic (exact) mass is 349 g/mol. The molecule has 0 spiro atoms. The van der Waals surface area contributed by atoms with E-state index in [1.54, 1.807) is 12.3 Å². The van der Waals surface area contributed by atoms with Gasteiger partial charge in [0, 0.05) is 12.1 Å². The number of nitrogens with one attached hydrogen (secondary N) is 2. The fraction of sp³-hybridized carbons (Fsp3) is 0.312. The zero-order valence-corrected chi connectivity index (χ0v) is 13.9. The first kappa shape index (κ1) is 18.0. The normalized spacial score (nSPS) is 14.7. The second-order valence-electron chi connectivity index (χ2n) is 5.54. The van der Waals surface area contributed by atoms with Crippen LogP contribution in [-0.2, 0) is 4.79 Å². The molecule has 1 saturated heterocycles. The van der Waals surface area contributed by atoms with Crippen molar-refractivity contribution >= 4 is 29.9 Å². The summed E-state index contributed by atoms with van der Waals surface area (Å²) < 4.78 is 1.54. The van der Waals surface area contributed by atoms with Crippen LogP contribution >= 0.6 is 12.4 Å².